The molecular weight excluding hydrogens is 254 g/mol. The van der Waals surface area contributed by atoms with E-state index >= 15 is 0 Å². The third kappa shape index (κ3) is 2.26. The van der Waals surface area contributed by atoms with Gasteiger partial charge in [0.15, 0.2) is 0 Å². The molecule has 1 aromatic carbocycles. The van der Waals surface area contributed by atoms with Gasteiger partial charge in [-0.25, -0.2) is 0 Å². The lowest BCUT2D eigenvalue weighted by Crippen LogP contribution is -2.42. The molecule has 1 aromatic rings. The summed E-state index contributed by atoms with van der Waals surface area (Å²) in [6.45, 7) is 0. The van der Waals surface area contributed by atoms with E-state index in [0.29, 0.717) is 25.7 Å². The molecule has 3 rings (SSSR count). The van der Waals surface area contributed by atoms with Crippen molar-refractivity contribution in [1.82, 2.24) is 4.90 Å². The fourth-order valence-electron chi connectivity index (χ4n) is 3.16. The van der Waals surface area contributed by atoms with Crippen molar-refractivity contribution in [3.05, 3.63) is 35.9 Å². The van der Waals surface area contributed by atoms with Crippen LogP contribution in [0.25, 0.3) is 0 Å². The predicted octanol–water partition coefficient (Wildman–Crippen LogP) is 2.04. The third-order valence-corrected chi connectivity index (χ3v) is 4.26. The van der Waals surface area contributed by atoms with E-state index in [1.54, 1.807) is 0 Å². The summed E-state index contributed by atoms with van der Waals surface area (Å²) >= 11 is 0. The number of Topliss-reactive ketones (excluding diaryl/α,β-unsaturated/α-hetero) is 1. The van der Waals surface area contributed by atoms with Gasteiger partial charge in [0.25, 0.3) is 0 Å². The summed E-state index contributed by atoms with van der Waals surface area (Å²) in [5.74, 6) is -0.301. The largest absolute Gasteiger partial charge is 0.300 e. The zero-order valence-corrected chi connectivity index (χ0v) is 11.2. The number of hydrogen-bond acceptors (Lipinski definition) is 3. The molecule has 0 aromatic heterocycles. The van der Waals surface area contributed by atoms with Gasteiger partial charge in [0.05, 0.1) is 5.92 Å². The Hall–Kier alpha value is -1.97. The van der Waals surface area contributed by atoms with Gasteiger partial charge in [-0.15, -0.1) is 0 Å². The molecule has 2 aliphatic rings. The van der Waals surface area contributed by atoms with Gasteiger partial charge in [-0.05, 0) is 18.4 Å². The molecule has 0 radical (unpaired) electrons. The molecule has 0 spiro atoms. The fourth-order valence-corrected chi connectivity index (χ4v) is 3.16. The van der Waals surface area contributed by atoms with E-state index in [4.69, 9.17) is 0 Å². The number of benzene rings is 1. The first-order chi connectivity index (χ1) is 9.66. The summed E-state index contributed by atoms with van der Waals surface area (Å²) < 4.78 is 0. The van der Waals surface area contributed by atoms with E-state index < -0.39 is 0 Å². The zero-order chi connectivity index (χ0) is 14.1. The minimum absolute atomic E-state index is 0.0820. The maximum atomic E-state index is 12.5. The van der Waals surface area contributed by atoms with Gasteiger partial charge in [0.2, 0.25) is 11.8 Å². The Balaban J connectivity index is 1.79. The topological polar surface area (TPSA) is 54.5 Å². The summed E-state index contributed by atoms with van der Waals surface area (Å²) in [6, 6.07) is 9.37. The van der Waals surface area contributed by atoms with Crippen LogP contribution in [0.15, 0.2) is 30.3 Å². The van der Waals surface area contributed by atoms with E-state index in [1.807, 2.05) is 30.3 Å². The van der Waals surface area contributed by atoms with Crippen LogP contribution in [0.4, 0.5) is 0 Å². The highest BCUT2D eigenvalue weighted by Crippen LogP contribution is 2.33. The Bertz CT molecular complexity index is 542. The molecule has 1 atom stereocenters. The lowest BCUT2D eigenvalue weighted by Gasteiger charge is -2.29. The third-order valence-electron chi connectivity index (χ3n) is 4.26. The van der Waals surface area contributed by atoms with Crippen LogP contribution < -0.4 is 0 Å². The lowest BCUT2D eigenvalue weighted by atomic mass is 9.93. The first-order valence-corrected chi connectivity index (χ1v) is 7.09. The SMILES string of the molecule is O=C1CCC(N2C(=O)CC(c3ccccc3)C2=O)CC1. The van der Waals surface area contributed by atoms with E-state index in [-0.39, 0.29) is 36.0 Å². The fraction of sp³-hybridized carbons (Fsp3) is 0.438. The minimum atomic E-state index is -0.346. The van der Waals surface area contributed by atoms with Crippen molar-refractivity contribution < 1.29 is 14.4 Å². The van der Waals surface area contributed by atoms with Crippen LogP contribution in [-0.2, 0) is 14.4 Å². The zero-order valence-electron chi connectivity index (χ0n) is 11.2. The van der Waals surface area contributed by atoms with Gasteiger partial charge < -0.3 is 0 Å². The average molecular weight is 271 g/mol. The van der Waals surface area contributed by atoms with Gasteiger partial charge in [-0.1, -0.05) is 30.3 Å². The van der Waals surface area contributed by atoms with Gasteiger partial charge in [0.1, 0.15) is 5.78 Å². The molecule has 1 aliphatic heterocycles. The van der Waals surface area contributed by atoms with Crippen LogP contribution in [0.5, 0.6) is 0 Å². The Labute approximate surface area is 117 Å². The van der Waals surface area contributed by atoms with Crippen molar-refractivity contribution >= 4 is 17.6 Å². The molecule has 4 heteroatoms. The highest BCUT2D eigenvalue weighted by molar-refractivity contribution is 6.06. The smallest absolute Gasteiger partial charge is 0.237 e. The number of carbonyl (C=O) groups is 3. The van der Waals surface area contributed by atoms with Crippen molar-refractivity contribution in [3.8, 4) is 0 Å². The summed E-state index contributed by atoms with van der Waals surface area (Å²) in [7, 11) is 0. The Kier molecular flexibility index (Phi) is 3.38. The van der Waals surface area contributed by atoms with Crippen molar-refractivity contribution in [3.63, 3.8) is 0 Å². The Morgan fingerprint density at radius 2 is 1.60 bits per heavy atom. The quantitative estimate of drug-likeness (QED) is 0.773. The highest BCUT2D eigenvalue weighted by atomic mass is 16.2. The predicted molar refractivity (Wildman–Crippen MR) is 72.9 cm³/mol. The van der Waals surface area contributed by atoms with Crippen LogP contribution >= 0.6 is 0 Å². The van der Waals surface area contributed by atoms with Gasteiger partial charge in [-0.3, -0.25) is 19.3 Å². The molecule has 20 heavy (non-hydrogen) atoms. The molecule has 1 unspecified atom stereocenters. The number of likely N-dealkylation sites (tertiary alicyclic amines) is 1. The number of rotatable bonds is 2. The standard InChI is InChI=1S/C16H17NO3/c18-13-8-6-12(7-9-13)17-15(19)10-14(16(17)20)11-4-2-1-3-5-11/h1-5,12,14H,6-10H2. The van der Waals surface area contributed by atoms with E-state index in [9.17, 15) is 14.4 Å². The average Bonchev–Trinajstić information content (AvgIpc) is 2.76. The second kappa shape index (κ2) is 5.19. The first-order valence-electron chi connectivity index (χ1n) is 7.09. The first kappa shape index (κ1) is 13.0. The maximum absolute atomic E-state index is 12.5. The molecule has 1 saturated heterocycles. The van der Waals surface area contributed by atoms with Crippen LogP contribution in [0.3, 0.4) is 0 Å². The van der Waals surface area contributed by atoms with Crippen molar-refractivity contribution in [1.29, 1.82) is 0 Å². The van der Waals surface area contributed by atoms with Crippen molar-refractivity contribution in [2.75, 3.05) is 0 Å². The summed E-state index contributed by atoms with van der Waals surface area (Å²) in [5.41, 5.74) is 0.903. The van der Waals surface area contributed by atoms with E-state index in [0.717, 1.165) is 5.56 Å². The highest BCUT2D eigenvalue weighted by Gasteiger charge is 2.43. The van der Waals surface area contributed by atoms with Gasteiger partial charge in [-0.2, -0.15) is 0 Å². The molecule has 4 nitrogen and oxygen atoms in total. The molecule has 1 heterocycles. The Morgan fingerprint density at radius 1 is 0.950 bits per heavy atom. The molecular formula is C16H17NO3. The number of amides is 2. The maximum Gasteiger partial charge on any atom is 0.237 e. The minimum Gasteiger partial charge on any atom is -0.300 e. The summed E-state index contributed by atoms with van der Waals surface area (Å²) in [6.07, 6.45) is 2.47. The van der Waals surface area contributed by atoms with E-state index in [2.05, 4.69) is 0 Å². The van der Waals surface area contributed by atoms with Gasteiger partial charge >= 0.3 is 0 Å². The number of ketones is 1. The molecule has 0 N–H and O–H groups in total. The molecule has 1 aliphatic carbocycles. The van der Waals surface area contributed by atoms with Crippen LogP contribution in [0, 0.1) is 0 Å². The van der Waals surface area contributed by atoms with Crippen LogP contribution in [0.1, 0.15) is 43.6 Å². The molecule has 104 valence electrons. The normalized spacial score (nSPS) is 24.5. The number of imide groups is 1. The summed E-state index contributed by atoms with van der Waals surface area (Å²) in [5, 5.41) is 0. The van der Waals surface area contributed by atoms with Crippen molar-refractivity contribution in [2.24, 2.45) is 0 Å². The van der Waals surface area contributed by atoms with E-state index in [1.165, 1.54) is 4.90 Å². The van der Waals surface area contributed by atoms with Crippen LogP contribution in [-0.4, -0.2) is 28.5 Å². The second-order valence-corrected chi connectivity index (χ2v) is 5.54. The lowest BCUT2D eigenvalue weighted by molar-refractivity contribution is -0.143. The molecule has 2 fully saturated rings. The number of carbonyl (C=O) groups excluding carboxylic acids is 3. The van der Waals surface area contributed by atoms with Gasteiger partial charge in [0, 0.05) is 25.3 Å². The van der Waals surface area contributed by atoms with Crippen molar-refractivity contribution in [2.45, 2.75) is 44.1 Å². The second-order valence-electron chi connectivity index (χ2n) is 5.54. The molecule has 1 saturated carbocycles. The molecule has 2 amide bonds. The monoisotopic (exact) mass is 271 g/mol. The number of hydrogen-bond donors (Lipinski definition) is 0. The number of nitrogens with zero attached hydrogens (tertiary/aromatic N) is 1. The summed E-state index contributed by atoms with van der Waals surface area (Å²) in [4.78, 5) is 37.4. The molecule has 0 bridgehead atoms. The Morgan fingerprint density at radius 3 is 2.25 bits per heavy atom. The van der Waals surface area contributed by atoms with Crippen LogP contribution in [0.2, 0.25) is 0 Å².